The number of carbonyl (C=O) groups is 1. The van der Waals surface area contributed by atoms with E-state index < -0.39 is 0 Å². The molecule has 2 aromatic heterocycles. The fraction of sp³-hybridized carbons (Fsp3) is 0.188. The Hall–Kier alpha value is -2.47. The summed E-state index contributed by atoms with van der Waals surface area (Å²) in [6.07, 6.45) is 1.42. The zero-order valence-electron chi connectivity index (χ0n) is 12.3. The maximum absolute atomic E-state index is 12.2. The van der Waals surface area contributed by atoms with Crippen LogP contribution in [0.4, 0.5) is 5.69 Å². The zero-order valence-corrected chi connectivity index (χ0v) is 13.1. The normalized spacial score (nSPS) is 10.8. The lowest BCUT2D eigenvalue weighted by atomic mass is 10.1. The molecule has 0 aliphatic heterocycles. The van der Waals surface area contributed by atoms with Crippen LogP contribution < -0.4 is 10.9 Å². The summed E-state index contributed by atoms with van der Waals surface area (Å²) in [4.78, 5) is 29.3. The molecule has 0 fully saturated rings. The van der Waals surface area contributed by atoms with Crippen molar-refractivity contribution in [3.63, 3.8) is 0 Å². The van der Waals surface area contributed by atoms with Crippen molar-refractivity contribution in [1.82, 2.24) is 9.55 Å². The second-order valence-corrected chi connectivity index (χ2v) is 6.08. The molecule has 0 aliphatic carbocycles. The molecule has 3 rings (SSSR count). The Bertz CT molecular complexity index is 911. The van der Waals surface area contributed by atoms with Crippen LogP contribution in [0, 0.1) is 13.8 Å². The summed E-state index contributed by atoms with van der Waals surface area (Å²) in [6.45, 7) is 3.89. The number of nitrogens with one attached hydrogen (secondary N) is 1. The molecule has 22 heavy (non-hydrogen) atoms. The number of aryl methyl sites for hydroxylation is 2. The van der Waals surface area contributed by atoms with E-state index in [0.717, 1.165) is 16.8 Å². The van der Waals surface area contributed by atoms with Gasteiger partial charge in [0.05, 0.1) is 11.7 Å². The second kappa shape index (κ2) is 5.73. The fourth-order valence-corrected chi connectivity index (χ4v) is 3.03. The molecule has 1 N–H and O–H groups in total. The number of rotatable bonds is 3. The zero-order chi connectivity index (χ0) is 15.7. The van der Waals surface area contributed by atoms with E-state index in [1.807, 2.05) is 37.4 Å². The van der Waals surface area contributed by atoms with E-state index in [9.17, 15) is 9.59 Å². The smallest absolute Gasteiger partial charge is 0.262 e. The van der Waals surface area contributed by atoms with Gasteiger partial charge in [0.1, 0.15) is 11.4 Å². The highest BCUT2D eigenvalue weighted by atomic mass is 32.1. The highest BCUT2D eigenvalue weighted by molar-refractivity contribution is 7.16. The van der Waals surface area contributed by atoms with Gasteiger partial charge in [0.15, 0.2) is 0 Å². The van der Waals surface area contributed by atoms with E-state index in [0.29, 0.717) is 10.2 Å². The van der Waals surface area contributed by atoms with Gasteiger partial charge in [-0.3, -0.25) is 14.2 Å². The fourth-order valence-electron chi connectivity index (χ4n) is 2.30. The van der Waals surface area contributed by atoms with Crippen molar-refractivity contribution < 1.29 is 4.79 Å². The second-order valence-electron chi connectivity index (χ2n) is 5.18. The summed E-state index contributed by atoms with van der Waals surface area (Å²) in [6, 6.07) is 7.54. The molecular weight excluding hydrogens is 298 g/mol. The molecule has 0 unspecified atom stereocenters. The molecule has 0 bridgehead atoms. The van der Waals surface area contributed by atoms with E-state index in [1.165, 1.54) is 22.2 Å². The minimum Gasteiger partial charge on any atom is -0.324 e. The van der Waals surface area contributed by atoms with Gasteiger partial charge in [0, 0.05) is 5.69 Å². The molecular formula is C16H15N3O2S. The van der Waals surface area contributed by atoms with E-state index in [2.05, 4.69) is 10.3 Å². The van der Waals surface area contributed by atoms with Gasteiger partial charge in [-0.2, -0.15) is 0 Å². The maximum atomic E-state index is 12.2. The largest absolute Gasteiger partial charge is 0.324 e. The molecule has 0 atom stereocenters. The summed E-state index contributed by atoms with van der Waals surface area (Å²) < 4.78 is 1.33. The topological polar surface area (TPSA) is 64.0 Å². The van der Waals surface area contributed by atoms with Gasteiger partial charge in [-0.05, 0) is 36.9 Å². The van der Waals surface area contributed by atoms with Crippen molar-refractivity contribution >= 4 is 33.1 Å². The molecule has 2 heterocycles. The van der Waals surface area contributed by atoms with Crippen LogP contribution in [0.25, 0.3) is 10.2 Å². The Labute approximate surface area is 131 Å². The van der Waals surface area contributed by atoms with Crippen LogP contribution in [0.15, 0.2) is 40.8 Å². The summed E-state index contributed by atoms with van der Waals surface area (Å²) >= 11 is 1.41. The van der Waals surface area contributed by atoms with Crippen molar-refractivity contribution in [2.45, 2.75) is 20.4 Å². The molecule has 6 heteroatoms. The molecule has 0 saturated heterocycles. The number of nitrogens with zero attached hydrogens (tertiary/aromatic N) is 2. The van der Waals surface area contributed by atoms with Crippen LogP contribution in [0.3, 0.4) is 0 Å². The number of anilines is 1. The van der Waals surface area contributed by atoms with Gasteiger partial charge in [-0.1, -0.05) is 17.7 Å². The number of thiophene rings is 1. The van der Waals surface area contributed by atoms with Gasteiger partial charge in [-0.15, -0.1) is 11.3 Å². The van der Waals surface area contributed by atoms with E-state index in [1.54, 1.807) is 6.07 Å². The first-order valence-electron chi connectivity index (χ1n) is 6.84. The molecule has 0 aliphatic rings. The first-order valence-corrected chi connectivity index (χ1v) is 7.72. The summed E-state index contributed by atoms with van der Waals surface area (Å²) in [7, 11) is 0. The number of amides is 1. The third-order valence-electron chi connectivity index (χ3n) is 3.42. The molecule has 112 valence electrons. The van der Waals surface area contributed by atoms with Crippen LogP contribution in [0.5, 0.6) is 0 Å². The van der Waals surface area contributed by atoms with Crippen LogP contribution >= 0.6 is 11.3 Å². The number of hydrogen-bond donors (Lipinski definition) is 1. The van der Waals surface area contributed by atoms with Crippen LogP contribution in [0.1, 0.15) is 11.1 Å². The maximum Gasteiger partial charge on any atom is 0.262 e. The van der Waals surface area contributed by atoms with Gasteiger partial charge in [0.25, 0.3) is 5.56 Å². The van der Waals surface area contributed by atoms with Crippen molar-refractivity contribution in [3.8, 4) is 0 Å². The van der Waals surface area contributed by atoms with E-state index in [-0.39, 0.29) is 18.0 Å². The summed E-state index contributed by atoms with van der Waals surface area (Å²) in [5.41, 5.74) is 2.70. The first kappa shape index (κ1) is 14.5. The van der Waals surface area contributed by atoms with Crippen LogP contribution in [-0.4, -0.2) is 15.5 Å². The average Bonchev–Trinajstić information content (AvgIpc) is 2.94. The lowest BCUT2D eigenvalue weighted by Crippen LogP contribution is -2.27. The van der Waals surface area contributed by atoms with Gasteiger partial charge in [0.2, 0.25) is 5.91 Å². The van der Waals surface area contributed by atoms with Crippen LogP contribution in [-0.2, 0) is 11.3 Å². The first-order chi connectivity index (χ1) is 10.5. The Morgan fingerprint density at radius 2 is 2.14 bits per heavy atom. The van der Waals surface area contributed by atoms with Crippen molar-refractivity contribution in [1.29, 1.82) is 0 Å². The Morgan fingerprint density at radius 1 is 1.32 bits per heavy atom. The molecule has 0 spiro atoms. The molecule has 0 radical (unpaired) electrons. The number of hydrogen-bond acceptors (Lipinski definition) is 4. The van der Waals surface area contributed by atoms with Crippen LogP contribution in [0.2, 0.25) is 0 Å². The molecule has 1 aromatic carbocycles. The van der Waals surface area contributed by atoms with Gasteiger partial charge >= 0.3 is 0 Å². The van der Waals surface area contributed by atoms with Crippen molar-refractivity contribution in [2.75, 3.05) is 5.32 Å². The lowest BCUT2D eigenvalue weighted by Gasteiger charge is -2.10. The third-order valence-corrected chi connectivity index (χ3v) is 4.24. The van der Waals surface area contributed by atoms with Crippen molar-refractivity contribution in [2.24, 2.45) is 0 Å². The van der Waals surface area contributed by atoms with Gasteiger partial charge in [-0.25, -0.2) is 4.98 Å². The molecule has 0 saturated carbocycles. The monoisotopic (exact) mass is 313 g/mol. The third kappa shape index (κ3) is 2.78. The number of fused-ring (bicyclic) bond motifs is 1. The Morgan fingerprint density at radius 3 is 2.91 bits per heavy atom. The Balaban J connectivity index is 1.81. The predicted molar refractivity (Wildman–Crippen MR) is 88.4 cm³/mol. The standard InChI is InChI=1S/C16H15N3O2S/c1-10-3-4-13(11(2)7-10)18-14(20)8-19-9-17-15-12(16(19)21)5-6-22-15/h3-7,9H,8H2,1-2H3,(H,18,20). The quantitative estimate of drug-likeness (QED) is 0.808. The Kier molecular flexibility index (Phi) is 3.77. The summed E-state index contributed by atoms with van der Waals surface area (Å²) in [5.74, 6) is -0.245. The van der Waals surface area contributed by atoms with E-state index >= 15 is 0 Å². The minimum absolute atomic E-state index is 0.0507. The van der Waals surface area contributed by atoms with E-state index in [4.69, 9.17) is 0 Å². The molecule has 1 amide bonds. The lowest BCUT2D eigenvalue weighted by molar-refractivity contribution is -0.116. The number of aromatic nitrogens is 2. The molecule has 5 nitrogen and oxygen atoms in total. The predicted octanol–water partition coefficient (Wildman–Crippen LogP) is 2.71. The van der Waals surface area contributed by atoms with Crippen molar-refractivity contribution in [3.05, 3.63) is 57.5 Å². The summed E-state index contributed by atoms with van der Waals surface area (Å²) in [5, 5.41) is 5.20. The molecule has 3 aromatic rings. The highest BCUT2D eigenvalue weighted by Gasteiger charge is 2.10. The van der Waals surface area contributed by atoms with Gasteiger partial charge < -0.3 is 5.32 Å². The number of carbonyl (C=O) groups excluding carboxylic acids is 1. The number of benzene rings is 1. The SMILES string of the molecule is Cc1ccc(NC(=O)Cn2cnc3sccc3c2=O)c(C)c1. The minimum atomic E-state index is -0.245. The average molecular weight is 313 g/mol. The highest BCUT2D eigenvalue weighted by Crippen LogP contribution is 2.16.